The van der Waals surface area contributed by atoms with Crippen molar-refractivity contribution in [3.63, 3.8) is 0 Å². The Labute approximate surface area is 724 Å². The van der Waals surface area contributed by atoms with E-state index in [1.807, 2.05) is 26.4 Å². The van der Waals surface area contributed by atoms with Gasteiger partial charge in [0.15, 0.2) is 17.0 Å². The molecule has 2 atom stereocenters. The number of thiazole rings is 2. The molecule has 6 aliphatic carbocycles. The van der Waals surface area contributed by atoms with Crippen molar-refractivity contribution in [2.24, 2.45) is 26.5 Å². The number of methoxy groups -OCH3 is 2. The first-order chi connectivity index (χ1) is 54.6. The first kappa shape index (κ1) is 90.4. The normalized spacial score (nSPS) is 23.4. The molecule has 5 fully saturated rings. The van der Waals surface area contributed by atoms with Gasteiger partial charge in [-0.15, -0.1) is 22.7 Å². The molecule has 10 aromatic rings. The van der Waals surface area contributed by atoms with Crippen LogP contribution in [0.1, 0.15) is 178 Å². The summed E-state index contributed by atoms with van der Waals surface area (Å²) in [5, 5.41) is 10.9. The minimum absolute atomic E-state index is 0. The van der Waals surface area contributed by atoms with Crippen LogP contribution in [-0.2, 0) is 68.2 Å². The van der Waals surface area contributed by atoms with Crippen LogP contribution in [0.5, 0.6) is 0 Å². The van der Waals surface area contributed by atoms with Gasteiger partial charge >= 0.3 is 42.1 Å². The van der Waals surface area contributed by atoms with Crippen LogP contribution in [-0.4, -0.2) is 102 Å². The van der Waals surface area contributed by atoms with E-state index in [-0.39, 0.29) is 85.3 Å². The maximum absolute atomic E-state index is 13.8. The Morgan fingerprint density at radius 3 is 1.22 bits per heavy atom. The smallest absolute Gasteiger partial charge is 0.0134 e. The third-order valence-electron chi connectivity index (χ3n) is 24.4. The van der Waals surface area contributed by atoms with E-state index in [0.717, 1.165) is 96.0 Å². The molecule has 2 unspecified atom stereocenters. The zero-order chi connectivity index (χ0) is 79.3. The van der Waals surface area contributed by atoms with E-state index in [9.17, 15) is 9.59 Å². The molecule has 8 aromatic carbocycles. The largest absolute Gasteiger partial charge is 0.0622 e. The fourth-order valence-corrected chi connectivity index (χ4v) is 24.4. The number of nitrogens with two attached hydrogens (primary N) is 1. The van der Waals surface area contributed by atoms with Gasteiger partial charge in [0.25, 0.3) is 11.8 Å². The van der Waals surface area contributed by atoms with Gasteiger partial charge in [-0.1, -0.05) is 238 Å². The molecule has 4 saturated carbocycles. The van der Waals surface area contributed by atoms with Crippen LogP contribution in [0.15, 0.2) is 245 Å². The second-order valence-electron chi connectivity index (χ2n) is 31.8. The second-order valence-corrected chi connectivity index (χ2v) is 41.6. The molecule has 614 valence electrons. The molecule has 3 aliphatic heterocycles. The summed E-state index contributed by atoms with van der Waals surface area (Å²) in [5.74, 6) is 2.64. The van der Waals surface area contributed by atoms with Crippen LogP contribution >= 0.6 is 73.5 Å². The summed E-state index contributed by atoms with van der Waals surface area (Å²) in [6.07, 6.45) is 19.0. The van der Waals surface area contributed by atoms with Crippen molar-refractivity contribution in [3.8, 4) is 10.4 Å². The molecule has 2 aromatic heterocycles. The summed E-state index contributed by atoms with van der Waals surface area (Å²) in [7, 11) is 15.7. The van der Waals surface area contributed by atoms with Gasteiger partial charge < -0.3 is 29.4 Å². The van der Waals surface area contributed by atoms with Gasteiger partial charge in [0.1, 0.15) is 5.84 Å². The van der Waals surface area contributed by atoms with Crippen LogP contribution in [0.2, 0.25) is 0 Å². The van der Waals surface area contributed by atoms with E-state index in [0.29, 0.717) is 23.9 Å². The fourth-order valence-electron chi connectivity index (χ4n) is 17.3. The standard InChI is InChI=1S/C24H28N4O2S.C19H23BrN2O2.2C18H15P.C12H18BNO2S.3CH4.2ClH.Pd/c1-28-21(29)24(27-22(28)25)18-11-15(19-13-26-20(31-19)14-3-4-14)5-6-16(18)12-23(24)9-7-17(30-2)8-10-23;1-12-21-19(17(23)22(12)2)16-10-14(20)5-4-13(16)11-18(19)8-6-15(24-3)7-9-18;2*1-4-10-16(11-5-1)19(17-12-6-2-7-13-17)18-14-8-3-9-15-18;1-11(2)12(3,4)16-13(15-11)9-7-14-10(17-9)8-5-6-8;;;;;;/h5-6,11,13-14,17H,3-4,7-10,12H2,1-2H3,(H2,25,27);4-5,10,15H,6-9,11H2,1-3H3;2*1-15H;7-8H,5-6H2,1-4H3;3*1H4;2*1H;/q;;;;;;;;;;+2/p-2. The molecule has 9 aliphatic rings. The number of carbonyl (C=O) groups is 2. The van der Waals surface area contributed by atoms with Crippen molar-refractivity contribution in [2.75, 3.05) is 28.3 Å². The molecular formula is C94H111BBrCl2N7O6P2PdS2. The molecule has 0 bridgehead atoms. The second kappa shape index (κ2) is 39.0. The summed E-state index contributed by atoms with van der Waals surface area (Å²) < 4.78 is 25.3. The van der Waals surface area contributed by atoms with Crippen LogP contribution in [0.25, 0.3) is 10.4 Å². The molecular weight excluding hydrogens is 1720 g/mol. The number of hydrogen-bond donors (Lipinski definition) is 1. The van der Waals surface area contributed by atoms with Crippen molar-refractivity contribution in [3.05, 3.63) is 268 Å². The number of benzene rings is 8. The topological polar surface area (TPSA) is 154 Å². The Morgan fingerprint density at radius 1 is 0.509 bits per heavy atom. The van der Waals surface area contributed by atoms with Crippen LogP contribution in [0, 0.1) is 10.8 Å². The van der Waals surface area contributed by atoms with Gasteiger partial charge in [0.2, 0.25) is 0 Å². The van der Waals surface area contributed by atoms with Crippen molar-refractivity contribution in [1.29, 1.82) is 0 Å². The van der Waals surface area contributed by atoms with Gasteiger partial charge in [-0.25, -0.2) is 15.0 Å². The third-order valence-corrected chi connectivity index (χ3v) is 32.2. The first-order valence-electron chi connectivity index (χ1n) is 39.1. The number of carbonyl (C=O) groups excluding carboxylic acids is 2. The molecule has 2 amide bonds. The fraction of sp³-hybridized carbons (Fsp3) is 0.383. The van der Waals surface area contributed by atoms with Crippen LogP contribution in [0.4, 0.5) is 0 Å². The van der Waals surface area contributed by atoms with Gasteiger partial charge in [0, 0.05) is 67.8 Å². The molecule has 116 heavy (non-hydrogen) atoms. The van der Waals surface area contributed by atoms with Crippen molar-refractivity contribution < 1.29 is 44.3 Å². The van der Waals surface area contributed by atoms with Gasteiger partial charge in [0.05, 0.1) is 43.1 Å². The van der Waals surface area contributed by atoms with Gasteiger partial charge in [-0.05, 0) is 218 Å². The number of halogens is 3. The first-order valence-corrected chi connectivity index (χ1v) is 48.2. The van der Waals surface area contributed by atoms with Crippen molar-refractivity contribution >= 4 is 141 Å². The summed E-state index contributed by atoms with van der Waals surface area (Å²) in [6, 6.07) is 77.6. The average molecular weight is 1830 g/mol. The number of fused-ring (bicyclic) bond motifs is 6. The Bertz CT molecular complexity index is 4660. The zero-order valence-corrected chi connectivity index (χ0v) is 73.7. The number of amides is 2. The summed E-state index contributed by atoms with van der Waals surface area (Å²) in [6.45, 7) is 10.3. The molecule has 22 heteroatoms. The predicted molar refractivity (Wildman–Crippen MR) is 490 cm³/mol. The predicted octanol–water partition coefficient (Wildman–Crippen LogP) is 20.0. The number of nitrogens with zero attached hydrogens (tertiary/aromatic N) is 6. The van der Waals surface area contributed by atoms with E-state index in [1.165, 1.54) is 83.5 Å². The number of aromatic nitrogens is 2. The number of hydrogen-bond acceptors (Lipinski definition) is 13. The molecule has 19 rings (SSSR count). The van der Waals surface area contributed by atoms with Crippen molar-refractivity contribution in [2.45, 2.75) is 193 Å². The SMILES string of the molecule is C.C.C.CC1(C)OB(c2cnc(C3CC3)s2)OC1(C)C.COC1CCC2(CC1)Cc1ccc(-c3cnc(C4CC4)s3)cc1C21N=C(N)N(C)C1=O.COC1CCC2(CC1)Cc1ccc(Br)cc1C21N=C(C)N(C)C1=O.[Cl][Pd][Cl].c1ccc(P(c2ccccc2)c2ccccc2)cc1.c1ccc(P(c2ccccc2)c2ccccc2)cc1. The minimum Gasteiger partial charge on any atom is -0.0622 e. The minimum atomic E-state index is -0.917. The summed E-state index contributed by atoms with van der Waals surface area (Å²) >= 11 is 7.00. The van der Waals surface area contributed by atoms with E-state index < -0.39 is 26.9 Å². The Hall–Kier alpha value is -6.41. The summed E-state index contributed by atoms with van der Waals surface area (Å²) in [4.78, 5) is 50.7. The van der Waals surface area contributed by atoms with Crippen molar-refractivity contribution in [1.82, 2.24) is 19.8 Å². The van der Waals surface area contributed by atoms with E-state index in [4.69, 9.17) is 53.6 Å². The number of guanidine groups is 1. The average Bonchev–Trinajstić information content (AvgIpc) is 1.53. The van der Waals surface area contributed by atoms with E-state index in [1.54, 1.807) is 53.7 Å². The Kier molecular flexibility index (Phi) is 30.4. The van der Waals surface area contributed by atoms with E-state index >= 15 is 0 Å². The maximum Gasteiger partial charge on any atom is -0.0134 e. The van der Waals surface area contributed by atoms with Gasteiger partial charge in [-0.3, -0.25) is 19.5 Å². The third kappa shape index (κ3) is 18.6. The molecule has 4 spiro atoms. The molecule has 13 nitrogen and oxygen atoms in total. The van der Waals surface area contributed by atoms with Crippen LogP contribution < -0.4 is 42.3 Å². The zero-order valence-electron chi connectivity index (χ0n) is 65.6. The van der Waals surface area contributed by atoms with E-state index in [2.05, 4.69) is 272 Å². The maximum atomic E-state index is 13.8. The number of rotatable bonds is 12. The Morgan fingerprint density at radius 2 is 0.862 bits per heavy atom. The number of likely N-dealkylation sites (N-methyl/N-ethyl adjacent to an activating group) is 2. The molecule has 1 saturated heterocycles. The number of amidine groups is 1. The molecule has 5 heterocycles. The molecule has 0 radical (unpaired) electrons. The van der Waals surface area contributed by atoms with Crippen LogP contribution in [0.3, 0.4) is 0 Å². The monoisotopic (exact) mass is 1830 g/mol. The van der Waals surface area contributed by atoms with Gasteiger partial charge in [-0.2, -0.15) is 0 Å². The molecule has 2 N–H and O–H groups in total. The Balaban J connectivity index is 0.000000143. The quantitative estimate of drug-likeness (QED) is 0.0930. The number of aliphatic imine (C=N–C) groups is 2. The summed E-state index contributed by atoms with van der Waals surface area (Å²) in [5.41, 5.74) is 9.47. The number of ether oxygens (including phenoxy) is 2.